The first-order valence-corrected chi connectivity index (χ1v) is 4.46. The van der Waals surface area contributed by atoms with E-state index in [1.165, 1.54) is 7.11 Å². The van der Waals surface area contributed by atoms with Gasteiger partial charge >= 0.3 is 5.97 Å². The fourth-order valence-corrected chi connectivity index (χ4v) is 1.27. The molecule has 0 amide bonds. The van der Waals surface area contributed by atoms with Crippen LogP contribution in [-0.4, -0.2) is 37.1 Å². The van der Waals surface area contributed by atoms with Crippen molar-refractivity contribution >= 4 is 5.97 Å². The maximum atomic E-state index is 11.3. The molecule has 0 aliphatic heterocycles. The zero-order valence-electron chi connectivity index (χ0n) is 8.54. The zero-order valence-corrected chi connectivity index (χ0v) is 8.54. The highest BCUT2D eigenvalue weighted by atomic mass is 16.5. The lowest BCUT2D eigenvalue weighted by molar-refractivity contribution is -0.146. The van der Waals surface area contributed by atoms with Gasteiger partial charge in [-0.25, -0.2) is 0 Å². The molecule has 1 atom stereocenters. The molecule has 0 N–H and O–H groups in total. The molecule has 13 heavy (non-hydrogen) atoms. The number of hydrogen-bond donors (Lipinski definition) is 0. The van der Waals surface area contributed by atoms with Crippen LogP contribution in [0, 0.1) is 12.3 Å². The van der Waals surface area contributed by atoms with E-state index in [4.69, 9.17) is 6.42 Å². The van der Waals surface area contributed by atoms with E-state index in [9.17, 15) is 4.79 Å². The number of carbonyl (C=O) groups is 1. The molecule has 0 radical (unpaired) electrons. The first-order chi connectivity index (χ1) is 6.21. The third-order valence-electron chi connectivity index (χ3n) is 2.04. The smallest absolute Gasteiger partial charge is 0.324 e. The standard InChI is InChI=1S/C10H17NO2/c1-5-8-9(10(12)13-4)11(6-2)7-3/h1,9H,6-8H2,2-4H3/t9-/m1/s1. The average molecular weight is 183 g/mol. The van der Waals surface area contributed by atoms with Crippen LogP contribution in [0.1, 0.15) is 20.3 Å². The molecule has 0 heterocycles. The minimum atomic E-state index is -0.287. The van der Waals surface area contributed by atoms with E-state index in [0.29, 0.717) is 6.42 Å². The van der Waals surface area contributed by atoms with E-state index in [1.54, 1.807) is 0 Å². The maximum Gasteiger partial charge on any atom is 0.324 e. The maximum absolute atomic E-state index is 11.3. The number of terminal acetylenes is 1. The topological polar surface area (TPSA) is 29.5 Å². The van der Waals surface area contributed by atoms with Crippen LogP contribution in [0.4, 0.5) is 0 Å². The van der Waals surface area contributed by atoms with E-state index >= 15 is 0 Å². The van der Waals surface area contributed by atoms with Crippen LogP contribution in [0.5, 0.6) is 0 Å². The molecule has 0 unspecified atom stereocenters. The number of ether oxygens (including phenoxy) is 1. The predicted molar refractivity (Wildman–Crippen MR) is 52.2 cm³/mol. The summed E-state index contributed by atoms with van der Waals surface area (Å²) in [5.41, 5.74) is 0. The van der Waals surface area contributed by atoms with Crippen molar-refractivity contribution < 1.29 is 9.53 Å². The lowest BCUT2D eigenvalue weighted by Gasteiger charge is -2.25. The van der Waals surface area contributed by atoms with Crippen LogP contribution in [0.25, 0.3) is 0 Å². The SMILES string of the molecule is C#CC[C@H](C(=O)OC)N(CC)CC. The monoisotopic (exact) mass is 183 g/mol. The fraction of sp³-hybridized carbons (Fsp3) is 0.700. The third kappa shape index (κ3) is 3.47. The number of carbonyl (C=O) groups excluding carboxylic acids is 1. The highest BCUT2D eigenvalue weighted by molar-refractivity contribution is 5.76. The van der Waals surface area contributed by atoms with Crippen LogP contribution in [0.2, 0.25) is 0 Å². The quantitative estimate of drug-likeness (QED) is 0.468. The Balaban J connectivity index is 4.39. The number of hydrogen-bond acceptors (Lipinski definition) is 3. The van der Waals surface area contributed by atoms with E-state index in [-0.39, 0.29) is 12.0 Å². The summed E-state index contributed by atoms with van der Waals surface area (Å²) >= 11 is 0. The molecular formula is C10H17NO2. The number of esters is 1. The van der Waals surface area contributed by atoms with Crippen molar-refractivity contribution in [1.29, 1.82) is 0 Å². The molecule has 0 saturated carbocycles. The Labute approximate surface area is 80.1 Å². The minimum absolute atomic E-state index is 0.248. The Morgan fingerprint density at radius 2 is 2.08 bits per heavy atom. The molecule has 0 aromatic rings. The second-order valence-corrected chi connectivity index (χ2v) is 2.67. The van der Waals surface area contributed by atoms with Gasteiger partial charge in [0.15, 0.2) is 0 Å². The van der Waals surface area contributed by atoms with Gasteiger partial charge in [0.2, 0.25) is 0 Å². The fourth-order valence-electron chi connectivity index (χ4n) is 1.27. The molecule has 0 aliphatic rings. The van der Waals surface area contributed by atoms with E-state index in [1.807, 2.05) is 18.7 Å². The first kappa shape index (κ1) is 12.0. The van der Waals surface area contributed by atoms with E-state index in [2.05, 4.69) is 10.7 Å². The summed E-state index contributed by atoms with van der Waals surface area (Å²) in [5, 5.41) is 0. The molecule has 0 fully saturated rings. The van der Waals surface area contributed by atoms with Crippen LogP contribution in [0.15, 0.2) is 0 Å². The second-order valence-electron chi connectivity index (χ2n) is 2.67. The van der Waals surface area contributed by atoms with Gasteiger partial charge in [0, 0.05) is 6.42 Å². The largest absolute Gasteiger partial charge is 0.468 e. The Morgan fingerprint density at radius 3 is 2.38 bits per heavy atom. The van der Waals surface area contributed by atoms with Crippen molar-refractivity contribution in [2.45, 2.75) is 26.3 Å². The zero-order chi connectivity index (χ0) is 10.3. The molecule has 0 aromatic heterocycles. The Hall–Kier alpha value is -1.01. The summed E-state index contributed by atoms with van der Waals surface area (Å²) in [5.74, 6) is 2.24. The summed E-state index contributed by atoms with van der Waals surface area (Å²) in [7, 11) is 1.38. The summed E-state index contributed by atoms with van der Waals surface area (Å²) < 4.78 is 4.67. The number of methoxy groups -OCH3 is 1. The van der Waals surface area contributed by atoms with Crippen LogP contribution < -0.4 is 0 Å². The average Bonchev–Trinajstić information content (AvgIpc) is 2.17. The van der Waals surface area contributed by atoms with E-state index in [0.717, 1.165) is 13.1 Å². The number of likely N-dealkylation sites (N-methyl/N-ethyl adjacent to an activating group) is 1. The van der Waals surface area contributed by atoms with Crippen molar-refractivity contribution in [3.63, 3.8) is 0 Å². The molecule has 0 aliphatic carbocycles. The van der Waals surface area contributed by atoms with Gasteiger partial charge in [-0.1, -0.05) is 13.8 Å². The van der Waals surface area contributed by atoms with Crippen LogP contribution >= 0.6 is 0 Å². The predicted octanol–water partition coefficient (Wildman–Crippen LogP) is 0.893. The van der Waals surface area contributed by atoms with Crippen molar-refractivity contribution in [3.05, 3.63) is 0 Å². The molecule has 74 valence electrons. The van der Waals surface area contributed by atoms with Gasteiger partial charge in [0.1, 0.15) is 6.04 Å². The van der Waals surface area contributed by atoms with Crippen molar-refractivity contribution in [3.8, 4) is 12.3 Å². The van der Waals surface area contributed by atoms with Crippen molar-refractivity contribution in [2.24, 2.45) is 0 Å². The van der Waals surface area contributed by atoms with Gasteiger partial charge in [-0.15, -0.1) is 12.3 Å². The van der Waals surface area contributed by atoms with Crippen molar-refractivity contribution in [2.75, 3.05) is 20.2 Å². The van der Waals surface area contributed by atoms with Gasteiger partial charge in [-0.05, 0) is 13.1 Å². The Morgan fingerprint density at radius 1 is 1.54 bits per heavy atom. The number of rotatable bonds is 5. The normalized spacial score (nSPS) is 12.2. The first-order valence-electron chi connectivity index (χ1n) is 4.46. The Kier molecular flexibility index (Phi) is 5.99. The molecule has 0 spiro atoms. The lowest BCUT2D eigenvalue weighted by atomic mass is 10.2. The third-order valence-corrected chi connectivity index (χ3v) is 2.04. The van der Waals surface area contributed by atoms with Crippen LogP contribution in [0.3, 0.4) is 0 Å². The molecule has 0 rings (SSSR count). The Bertz CT molecular complexity index is 192. The number of nitrogens with zero attached hydrogens (tertiary/aromatic N) is 1. The highest BCUT2D eigenvalue weighted by Gasteiger charge is 2.23. The molecule has 3 nitrogen and oxygen atoms in total. The van der Waals surface area contributed by atoms with Crippen molar-refractivity contribution in [1.82, 2.24) is 4.90 Å². The summed E-state index contributed by atoms with van der Waals surface area (Å²) in [4.78, 5) is 13.3. The summed E-state index contributed by atoms with van der Waals surface area (Å²) in [6, 6.07) is -0.287. The summed E-state index contributed by atoms with van der Waals surface area (Å²) in [6.45, 7) is 5.60. The second kappa shape index (κ2) is 6.50. The van der Waals surface area contributed by atoms with Gasteiger partial charge < -0.3 is 4.74 Å². The van der Waals surface area contributed by atoms with Gasteiger partial charge in [0.25, 0.3) is 0 Å². The van der Waals surface area contributed by atoms with E-state index < -0.39 is 0 Å². The lowest BCUT2D eigenvalue weighted by Crippen LogP contribution is -2.41. The molecule has 0 aromatic carbocycles. The van der Waals surface area contributed by atoms with Gasteiger partial charge in [-0.2, -0.15) is 0 Å². The summed E-state index contributed by atoms with van der Waals surface area (Å²) in [6.07, 6.45) is 5.60. The molecule has 3 heteroatoms. The molecule has 0 bridgehead atoms. The van der Waals surface area contributed by atoms with Gasteiger partial charge in [0.05, 0.1) is 7.11 Å². The molecular weight excluding hydrogens is 166 g/mol. The molecule has 0 saturated heterocycles. The van der Waals surface area contributed by atoms with Crippen LogP contribution in [-0.2, 0) is 9.53 Å². The van der Waals surface area contributed by atoms with Gasteiger partial charge in [-0.3, -0.25) is 9.69 Å². The minimum Gasteiger partial charge on any atom is -0.468 e. The highest BCUT2D eigenvalue weighted by Crippen LogP contribution is 2.05.